The number of nitrogens with one attached hydrogen (secondary N) is 2. The lowest BCUT2D eigenvalue weighted by atomic mass is 10.1. The lowest BCUT2D eigenvalue weighted by molar-refractivity contribution is 0.193. The van der Waals surface area contributed by atoms with Crippen LogP contribution in [0.4, 0.5) is 10.5 Å². The molecular weight excluding hydrogens is 392 g/mol. The number of methoxy groups -OCH3 is 1. The van der Waals surface area contributed by atoms with E-state index in [0.717, 1.165) is 0 Å². The minimum atomic E-state index is -3.67. The molecule has 2 aromatic rings. The van der Waals surface area contributed by atoms with Crippen LogP contribution in [0.3, 0.4) is 0 Å². The molecule has 1 saturated heterocycles. The first-order valence-corrected chi connectivity index (χ1v) is 10.6. The van der Waals surface area contributed by atoms with Crippen LogP contribution in [0.1, 0.15) is 18.4 Å². The second kappa shape index (κ2) is 8.94. The Bertz CT molecular complexity index is 990. The van der Waals surface area contributed by atoms with E-state index in [1.165, 1.54) is 24.3 Å². The summed E-state index contributed by atoms with van der Waals surface area (Å²) in [5.41, 5.74) is 1.07. The second-order valence-electron chi connectivity index (χ2n) is 6.68. The molecule has 1 aliphatic heterocycles. The highest BCUT2D eigenvalue weighted by molar-refractivity contribution is 7.89. The van der Waals surface area contributed by atoms with Crippen molar-refractivity contribution in [1.82, 2.24) is 9.62 Å². The quantitative estimate of drug-likeness (QED) is 0.781. The molecule has 2 amide bonds. The third kappa shape index (κ3) is 5.25. The molecule has 0 radical (unpaired) electrons. The number of piperidine rings is 1. The van der Waals surface area contributed by atoms with Crippen LogP contribution in [0.5, 0.6) is 5.75 Å². The maximum absolute atomic E-state index is 12.5. The molecule has 1 aliphatic rings. The predicted molar refractivity (Wildman–Crippen MR) is 108 cm³/mol. The molecule has 1 heterocycles. The van der Waals surface area contributed by atoms with E-state index in [1.54, 1.807) is 36.3 Å². The molecule has 8 nitrogen and oxygen atoms in total. The zero-order valence-corrected chi connectivity index (χ0v) is 16.8. The minimum Gasteiger partial charge on any atom is -0.497 e. The summed E-state index contributed by atoms with van der Waals surface area (Å²) in [5, 5.41) is 11.6. The number of sulfonamides is 1. The van der Waals surface area contributed by atoms with Gasteiger partial charge >= 0.3 is 6.03 Å². The summed E-state index contributed by atoms with van der Waals surface area (Å²) in [6.45, 7) is 0.894. The summed E-state index contributed by atoms with van der Waals surface area (Å²) in [4.78, 5) is 14.2. The number of likely N-dealkylation sites (tertiary alicyclic amines) is 1. The van der Waals surface area contributed by atoms with Gasteiger partial charge in [0.1, 0.15) is 5.75 Å². The normalized spacial score (nSPS) is 14.8. The van der Waals surface area contributed by atoms with Gasteiger partial charge in [0.15, 0.2) is 0 Å². The van der Waals surface area contributed by atoms with Gasteiger partial charge in [-0.1, -0.05) is 0 Å². The molecule has 2 N–H and O–H groups in total. The number of rotatable bonds is 5. The first-order valence-electron chi connectivity index (χ1n) is 9.14. The zero-order chi connectivity index (χ0) is 20.9. The van der Waals surface area contributed by atoms with Gasteiger partial charge in [-0.15, -0.1) is 0 Å². The Morgan fingerprint density at radius 3 is 2.28 bits per heavy atom. The molecule has 1 fully saturated rings. The molecule has 0 unspecified atom stereocenters. The summed E-state index contributed by atoms with van der Waals surface area (Å²) in [7, 11) is -2.09. The van der Waals surface area contributed by atoms with Crippen molar-refractivity contribution in [3.63, 3.8) is 0 Å². The van der Waals surface area contributed by atoms with Gasteiger partial charge in [-0.05, 0) is 61.4 Å². The number of nitriles is 1. The van der Waals surface area contributed by atoms with E-state index in [9.17, 15) is 13.2 Å². The van der Waals surface area contributed by atoms with Crippen LogP contribution in [0.2, 0.25) is 0 Å². The van der Waals surface area contributed by atoms with Crippen molar-refractivity contribution in [3.05, 3.63) is 54.1 Å². The molecule has 3 rings (SSSR count). The summed E-state index contributed by atoms with van der Waals surface area (Å²) >= 11 is 0. The van der Waals surface area contributed by atoms with Crippen LogP contribution < -0.4 is 14.8 Å². The topological polar surface area (TPSA) is 112 Å². The van der Waals surface area contributed by atoms with E-state index < -0.39 is 10.0 Å². The van der Waals surface area contributed by atoms with Crippen molar-refractivity contribution in [2.45, 2.75) is 23.8 Å². The molecule has 152 valence electrons. The summed E-state index contributed by atoms with van der Waals surface area (Å²) < 4.78 is 32.8. The van der Waals surface area contributed by atoms with Crippen molar-refractivity contribution < 1.29 is 17.9 Å². The van der Waals surface area contributed by atoms with Gasteiger partial charge in [0.2, 0.25) is 10.0 Å². The number of ether oxygens (including phenoxy) is 1. The summed E-state index contributed by atoms with van der Waals surface area (Å²) in [6, 6.07) is 14.3. The largest absolute Gasteiger partial charge is 0.497 e. The van der Waals surface area contributed by atoms with E-state index in [0.29, 0.717) is 42.9 Å². The number of hydrogen-bond acceptors (Lipinski definition) is 5. The van der Waals surface area contributed by atoms with Crippen LogP contribution >= 0.6 is 0 Å². The van der Waals surface area contributed by atoms with Gasteiger partial charge in [-0.2, -0.15) is 5.26 Å². The van der Waals surface area contributed by atoms with Crippen LogP contribution in [0.25, 0.3) is 0 Å². The number of carbonyl (C=O) groups excluding carboxylic acids is 1. The third-order valence-corrected chi connectivity index (χ3v) is 6.28. The van der Waals surface area contributed by atoms with Gasteiger partial charge in [0, 0.05) is 24.8 Å². The van der Waals surface area contributed by atoms with Crippen LogP contribution in [-0.4, -0.2) is 45.6 Å². The lowest BCUT2D eigenvalue weighted by Gasteiger charge is -2.32. The van der Waals surface area contributed by atoms with E-state index in [4.69, 9.17) is 10.00 Å². The summed E-state index contributed by atoms with van der Waals surface area (Å²) in [5.74, 6) is 0.707. The average molecular weight is 414 g/mol. The number of benzene rings is 2. The highest BCUT2D eigenvalue weighted by Gasteiger charge is 2.26. The smallest absolute Gasteiger partial charge is 0.321 e. The van der Waals surface area contributed by atoms with Crippen molar-refractivity contribution in [3.8, 4) is 11.8 Å². The Labute approximate surface area is 170 Å². The Hall–Kier alpha value is -3.09. The number of urea groups is 1. The van der Waals surface area contributed by atoms with Gasteiger partial charge in [-0.3, -0.25) is 0 Å². The monoisotopic (exact) mass is 414 g/mol. The molecule has 0 spiro atoms. The average Bonchev–Trinajstić information content (AvgIpc) is 2.74. The van der Waals surface area contributed by atoms with Crippen molar-refractivity contribution in [2.75, 3.05) is 25.5 Å². The SMILES string of the molecule is COc1ccc(NC(=O)N2CCC(NS(=O)(=O)c3ccc(C#N)cc3)CC2)cc1. The number of nitrogens with zero attached hydrogens (tertiary/aromatic N) is 2. The number of hydrogen-bond donors (Lipinski definition) is 2. The fraction of sp³-hybridized carbons (Fsp3) is 0.300. The molecule has 9 heteroatoms. The van der Waals surface area contributed by atoms with Crippen molar-refractivity contribution in [2.24, 2.45) is 0 Å². The van der Waals surface area contributed by atoms with E-state index >= 15 is 0 Å². The zero-order valence-electron chi connectivity index (χ0n) is 16.0. The second-order valence-corrected chi connectivity index (χ2v) is 8.39. The molecule has 29 heavy (non-hydrogen) atoms. The molecule has 2 aromatic carbocycles. The maximum atomic E-state index is 12.5. The molecule has 0 atom stereocenters. The first-order chi connectivity index (χ1) is 13.9. The van der Waals surface area contributed by atoms with Gasteiger partial charge < -0.3 is 15.0 Å². The van der Waals surface area contributed by atoms with Gasteiger partial charge in [-0.25, -0.2) is 17.9 Å². The Balaban J connectivity index is 1.52. The molecule has 0 aliphatic carbocycles. The fourth-order valence-corrected chi connectivity index (χ4v) is 4.38. The van der Waals surface area contributed by atoms with Crippen molar-refractivity contribution in [1.29, 1.82) is 5.26 Å². The van der Waals surface area contributed by atoms with Gasteiger partial charge in [0.05, 0.1) is 23.6 Å². The first kappa shape index (κ1) is 20.6. The van der Waals surface area contributed by atoms with Crippen LogP contribution in [0.15, 0.2) is 53.4 Å². The lowest BCUT2D eigenvalue weighted by Crippen LogP contribution is -2.47. The van der Waals surface area contributed by atoms with Crippen LogP contribution in [-0.2, 0) is 10.0 Å². The third-order valence-electron chi connectivity index (χ3n) is 4.74. The van der Waals surface area contributed by atoms with E-state index in [-0.39, 0.29) is 17.0 Å². The highest BCUT2D eigenvalue weighted by Crippen LogP contribution is 2.18. The Morgan fingerprint density at radius 2 is 1.72 bits per heavy atom. The number of amides is 2. The van der Waals surface area contributed by atoms with Crippen molar-refractivity contribution >= 4 is 21.7 Å². The van der Waals surface area contributed by atoms with E-state index in [1.807, 2.05) is 6.07 Å². The van der Waals surface area contributed by atoms with Crippen LogP contribution in [0, 0.1) is 11.3 Å². The maximum Gasteiger partial charge on any atom is 0.321 e. The van der Waals surface area contributed by atoms with E-state index in [2.05, 4.69) is 10.0 Å². The molecule has 0 saturated carbocycles. The highest BCUT2D eigenvalue weighted by atomic mass is 32.2. The minimum absolute atomic E-state index is 0.121. The van der Waals surface area contributed by atoms with Gasteiger partial charge in [0.25, 0.3) is 0 Å². The summed E-state index contributed by atoms with van der Waals surface area (Å²) in [6.07, 6.45) is 1.04. The number of anilines is 1. The molecular formula is C20H22N4O4S. The predicted octanol–water partition coefficient (Wildman–Crippen LogP) is 2.54. The molecule has 0 aromatic heterocycles. The fourth-order valence-electron chi connectivity index (χ4n) is 3.07. The molecule has 0 bridgehead atoms. The standard InChI is InChI=1S/C20H22N4O4S/c1-28-18-6-4-16(5-7-18)22-20(25)24-12-10-17(11-13-24)23-29(26,27)19-8-2-15(14-21)3-9-19/h2-9,17,23H,10-13H2,1H3,(H,22,25). The Kier molecular flexibility index (Phi) is 6.36. The number of carbonyl (C=O) groups is 1. The Morgan fingerprint density at radius 1 is 1.10 bits per heavy atom.